The van der Waals surface area contributed by atoms with Crippen molar-refractivity contribution in [2.24, 2.45) is 5.92 Å². The van der Waals surface area contributed by atoms with Crippen molar-refractivity contribution in [2.45, 2.75) is 19.8 Å². The van der Waals surface area contributed by atoms with Gasteiger partial charge >= 0.3 is 0 Å². The van der Waals surface area contributed by atoms with E-state index in [1.807, 2.05) is 6.92 Å². The summed E-state index contributed by atoms with van der Waals surface area (Å²) < 4.78 is 0. The smallest absolute Gasteiger partial charge is 0.251 e. The Bertz CT molecular complexity index is 314. The molecule has 1 unspecified atom stereocenters. The number of carbonyl (C=O) groups is 1. The number of rotatable bonds is 6. The number of nitrogens with zero attached hydrogens (tertiary/aromatic N) is 1. The SMILES string of the molecule is CC(CO)CCCNC(=O)c1ccncc1. The lowest BCUT2D eigenvalue weighted by molar-refractivity contribution is 0.0952. The molecule has 1 aromatic rings. The van der Waals surface area contributed by atoms with Crippen LogP contribution in [0.15, 0.2) is 24.5 Å². The summed E-state index contributed by atoms with van der Waals surface area (Å²) in [6.45, 7) is 2.84. The second-order valence-corrected chi connectivity index (χ2v) is 3.92. The molecule has 4 heteroatoms. The van der Waals surface area contributed by atoms with Crippen LogP contribution in [0.5, 0.6) is 0 Å². The van der Waals surface area contributed by atoms with Gasteiger partial charge in [-0.2, -0.15) is 0 Å². The maximum Gasteiger partial charge on any atom is 0.251 e. The summed E-state index contributed by atoms with van der Waals surface area (Å²) in [5.74, 6) is 0.233. The zero-order valence-corrected chi connectivity index (χ0v) is 9.52. The molecule has 1 atom stereocenters. The highest BCUT2D eigenvalue weighted by atomic mass is 16.3. The van der Waals surface area contributed by atoms with Crippen molar-refractivity contribution in [3.8, 4) is 0 Å². The first-order valence-corrected chi connectivity index (χ1v) is 5.53. The lowest BCUT2D eigenvalue weighted by Gasteiger charge is -2.08. The number of carbonyl (C=O) groups excluding carboxylic acids is 1. The van der Waals surface area contributed by atoms with Crippen LogP contribution >= 0.6 is 0 Å². The highest BCUT2D eigenvalue weighted by Gasteiger charge is 2.04. The van der Waals surface area contributed by atoms with Crippen molar-refractivity contribution in [3.63, 3.8) is 0 Å². The molecule has 88 valence electrons. The van der Waals surface area contributed by atoms with E-state index in [4.69, 9.17) is 5.11 Å². The Kier molecular flexibility index (Phi) is 5.50. The highest BCUT2D eigenvalue weighted by molar-refractivity contribution is 5.93. The van der Waals surface area contributed by atoms with E-state index in [0.29, 0.717) is 18.0 Å². The van der Waals surface area contributed by atoms with Crippen molar-refractivity contribution in [1.29, 1.82) is 0 Å². The topological polar surface area (TPSA) is 62.2 Å². The summed E-state index contributed by atoms with van der Waals surface area (Å²) in [6, 6.07) is 3.37. The van der Waals surface area contributed by atoms with Crippen molar-refractivity contribution < 1.29 is 9.90 Å². The van der Waals surface area contributed by atoms with E-state index in [2.05, 4.69) is 10.3 Å². The lowest BCUT2D eigenvalue weighted by Crippen LogP contribution is -2.24. The minimum atomic E-state index is -0.0703. The summed E-state index contributed by atoms with van der Waals surface area (Å²) in [5, 5.41) is 11.7. The first-order chi connectivity index (χ1) is 7.74. The third-order valence-corrected chi connectivity index (χ3v) is 2.41. The lowest BCUT2D eigenvalue weighted by atomic mass is 10.1. The highest BCUT2D eigenvalue weighted by Crippen LogP contribution is 2.03. The average molecular weight is 222 g/mol. The standard InChI is InChI=1S/C12H18N2O2/c1-10(9-15)3-2-6-14-12(16)11-4-7-13-8-5-11/h4-5,7-8,10,15H,2-3,6,9H2,1H3,(H,14,16). The van der Waals surface area contributed by atoms with Crippen LogP contribution < -0.4 is 5.32 Å². The molecule has 1 aromatic heterocycles. The van der Waals surface area contributed by atoms with E-state index < -0.39 is 0 Å². The van der Waals surface area contributed by atoms with Crippen molar-refractivity contribution in [3.05, 3.63) is 30.1 Å². The Morgan fingerprint density at radius 3 is 2.81 bits per heavy atom. The van der Waals surface area contributed by atoms with Gasteiger partial charge in [0.15, 0.2) is 0 Å². The zero-order valence-electron chi connectivity index (χ0n) is 9.52. The van der Waals surface area contributed by atoms with Crippen LogP contribution in [-0.4, -0.2) is 29.1 Å². The second kappa shape index (κ2) is 6.95. The third kappa shape index (κ3) is 4.40. The molecular formula is C12H18N2O2. The van der Waals surface area contributed by atoms with E-state index in [-0.39, 0.29) is 12.5 Å². The van der Waals surface area contributed by atoms with E-state index in [1.165, 1.54) is 0 Å². The summed E-state index contributed by atoms with van der Waals surface area (Å²) in [6.07, 6.45) is 5.01. The molecule has 0 spiro atoms. The zero-order chi connectivity index (χ0) is 11.8. The third-order valence-electron chi connectivity index (χ3n) is 2.41. The van der Waals surface area contributed by atoms with Gasteiger partial charge in [-0.1, -0.05) is 6.92 Å². The molecule has 0 bridgehead atoms. The summed E-state index contributed by atoms with van der Waals surface area (Å²) in [7, 11) is 0. The van der Waals surface area contributed by atoms with E-state index in [1.54, 1.807) is 24.5 Å². The molecule has 16 heavy (non-hydrogen) atoms. The van der Waals surface area contributed by atoms with Gasteiger partial charge in [-0.25, -0.2) is 0 Å². The minimum absolute atomic E-state index is 0.0703. The van der Waals surface area contributed by atoms with Gasteiger partial charge in [0.2, 0.25) is 0 Å². The fraction of sp³-hybridized carbons (Fsp3) is 0.500. The summed E-state index contributed by atoms with van der Waals surface area (Å²) in [4.78, 5) is 15.4. The number of hydrogen-bond acceptors (Lipinski definition) is 3. The van der Waals surface area contributed by atoms with Gasteiger partial charge in [-0.3, -0.25) is 9.78 Å². The Morgan fingerprint density at radius 1 is 1.50 bits per heavy atom. The Hall–Kier alpha value is -1.42. The van der Waals surface area contributed by atoms with Crippen LogP contribution in [0.1, 0.15) is 30.1 Å². The molecule has 1 heterocycles. The van der Waals surface area contributed by atoms with Crippen LogP contribution in [0.2, 0.25) is 0 Å². The predicted molar refractivity (Wildman–Crippen MR) is 62.1 cm³/mol. The quantitative estimate of drug-likeness (QED) is 0.711. The summed E-state index contributed by atoms with van der Waals surface area (Å²) in [5.41, 5.74) is 0.630. The second-order valence-electron chi connectivity index (χ2n) is 3.92. The minimum Gasteiger partial charge on any atom is -0.396 e. The van der Waals surface area contributed by atoms with Crippen LogP contribution in [0.3, 0.4) is 0 Å². The molecule has 0 aliphatic rings. The molecule has 0 saturated carbocycles. The summed E-state index contributed by atoms with van der Waals surface area (Å²) >= 11 is 0. The molecule has 0 saturated heterocycles. The van der Waals surface area contributed by atoms with Gasteiger partial charge < -0.3 is 10.4 Å². The first-order valence-electron chi connectivity index (χ1n) is 5.53. The van der Waals surface area contributed by atoms with Gasteiger partial charge in [0, 0.05) is 31.1 Å². The molecule has 0 aliphatic heterocycles. The fourth-order valence-corrected chi connectivity index (χ4v) is 1.35. The van der Waals surface area contributed by atoms with E-state index in [0.717, 1.165) is 12.8 Å². The molecule has 2 N–H and O–H groups in total. The average Bonchev–Trinajstić information content (AvgIpc) is 2.35. The Morgan fingerprint density at radius 2 is 2.19 bits per heavy atom. The van der Waals surface area contributed by atoms with Crippen LogP contribution in [0, 0.1) is 5.92 Å². The normalized spacial score (nSPS) is 12.1. The van der Waals surface area contributed by atoms with Gasteiger partial charge in [0.1, 0.15) is 0 Å². The first kappa shape index (κ1) is 12.6. The number of pyridine rings is 1. The van der Waals surface area contributed by atoms with Crippen LogP contribution in [0.25, 0.3) is 0 Å². The van der Waals surface area contributed by atoms with Crippen molar-refractivity contribution in [2.75, 3.05) is 13.2 Å². The van der Waals surface area contributed by atoms with Gasteiger partial charge in [-0.05, 0) is 30.9 Å². The molecule has 0 aromatic carbocycles. The number of nitrogens with one attached hydrogen (secondary N) is 1. The van der Waals surface area contributed by atoms with Gasteiger partial charge in [0.05, 0.1) is 0 Å². The number of hydrogen-bond donors (Lipinski definition) is 2. The largest absolute Gasteiger partial charge is 0.396 e. The van der Waals surface area contributed by atoms with Gasteiger partial charge in [0.25, 0.3) is 5.91 Å². The molecule has 0 aliphatic carbocycles. The number of aromatic nitrogens is 1. The molecule has 0 radical (unpaired) electrons. The fourth-order valence-electron chi connectivity index (χ4n) is 1.35. The number of aliphatic hydroxyl groups excluding tert-OH is 1. The van der Waals surface area contributed by atoms with Gasteiger partial charge in [-0.15, -0.1) is 0 Å². The molecule has 1 rings (SSSR count). The maximum atomic E-state index is 11.6. The number of aliphatic hydroxyl groups is 1. The molecular weight excluding hydrogens is 204 g/mol. The molecule has 4 nitrogen and oxygen atoms in total. The van der Waals surface area contributed by atoms with Crippen LogP contribution in [0.4, 0.5) is 0 Å². The Balaban J connectivity index is 2.21. The van der Waals surface area contributed by atoms with Crippen LogP contribution in [-0.2, 0) is 0 Å². The van der Waals surface area contributed by atoms with Crippen molar-refractivity contribution in [1.82, 2.24) is 10.3 Å². The van der Waals surface area contributed by atoms with Crippen molar-refractivity contribution >= 4 is 5.91 Å². The maximum absolute atomic E-state index is 11.6. The molecule has 1 amide bonds. The monoisotopic (exact) mass is 222 g/mol. The number of amides is 1. The van der Waals surface area contributed by atoms with E-state index >= 15 is 0 Å². The Labute approximate surface area is 95.7 Å². The van der Waals surface area contributed by atoms with E-state index in [9.17, 15) is 4.79 Å². The molecule has 0 fully saturated rings. The predicted octanol–water partition coefficient (Wildman–Crippen LogP) is 1.22.